The molecule has 1 aromatic rings. The number of nitrogens with two attached hydrogens (primary N) is 1. The number of carbonyl (C=O) groups excluding carboxylic acids is 5. The summed E-state index contributed by atoms with van der Waals surface area (Å²) in [5, 5.41) is 3.25. The first-order chi connectivity index (χ1) is 15.5. The van der Waals surface area contributed by atoms with Crippen molar-refractivity contribution >= 4 is 57.8 Å². The predicted octanol–water partition coefficient (Wildman–Crippen LogP) is 0.838. The quantitative estimate of drug-likeness (QED) is 0.183. The normalized spacial score (nSPS) is 19.8. The first-order valence-corrected chi connectivity index (χ1v) is 11.6. The van der Waals surface area contributed by atoms with E-state index in [-0.39, 0.29) is 16.5 Å². The van der Waals surface area contributed by atoms with E-state index in [4.69, 9.17) is 15.2 Å². The average molecular weight is 495 g/mol. The number of aromatic nitrogens is 1. The summed E-state index contributed by atoms with van der Waals surface area (Å²) in [5.74, 6) is -3.63. The minimum absolute atomic E-state index is 0.0466. The second-order valence-corrected chi connectivity index (χ2v) is 10.1. The van der Waals surface area contributed by atoms with E-state index >= 15 is 0 Å². The molecule has 0 spiro atoms. The molecule has 1 aromatic heterocycles. The first-order valence-electron chi connectivity index (χ1n) is 9.66. The molecule has 3 N–H and O–H groups in total. The van der Waals surface area contributed by atoms with Crippen molar-refractivity contribution in [1.29, 1.82) is 0 Å². The van der Waals surface area contributed by atoms with Crippen molar-refractivity contribution in [1.82, 2.24) is 15.2 Å². The summed E-state index contributed by atoms with van der Waals surface area (Å²) in [6.45, 7) is 8.00. The summed E-state index contributed by atoms with van der Waals surface area (Å²) >= 11 is 2.30. The molecule has 0 aliphatic carbocycles. The third-order valence-corrected chi connectivity index (χ3v) is 6.65. The number of thioether (sulfide) groups is 1. The maximum absolute atomic E-state index is 12.8. The summed E-state index contributed by atoms with van der Waals surface area (Å²) in [7, 11) is 0. The number of nitrogen functional groups attached to an aromatic ring is 1. The van der Waals surface area contributed by atoms with Gasteiger partial charge < -0.3 is 20.5 Å². The summed E-state index contributed by atoms with van der Waals surface area (Å²) in [4.78, 5) is 66.8. The van der Waals surface area contributed by atoms with Crippen molar-refractivity contribution < 1.29 is 33.4 Å². The number of rotatable bonds is 7. The number of nitrogens with one attached hydrogen (secondary N) is 1. The number of allylic oxidation sites excluding steroid dienone is 1. The van der Waals surface area contributed by atoms with E-state index < -0.39 is 53.2 Å². The van der Waals surface area contributed by atoms with Crippen LogP contribution < -0.4 is 11.1 Å². The zero-order chi connectivity index (χ0) is 24.5. The molecule has 2 aliphatic rings. The Hall–Kier alpha value is -3.19. The number of fused-ring (bicyclic) bond motifs is 1. The fourth-order valence-electron chi connectivity index (χ4n) is 2.93. The Balaban J connectivity index is 1.67. The summed E-state index contributed by atoms with van der Waals surface area (Å²) < 4.78 is 9.98. The lowest BCUT2D eigenvalue weighted by molar-refractivity contribution is -0.173. The molecule has 3 heterocycles. The van der Waals surface area contributed by atoms with E-state index in [1.165, 1.54) is 28.1 Å². The predicted molar refractivity (Wildman–Crippen MR) is 120 cm³/mol. The Morgan fingerprint density at radius 1 is 1.33 bits per heavy atom. The number of nitrogens with zero attached hydrogens (tertiary/aromatic N) is 2. The van der Waals surface area contributed by atoms with Crippen molar-refractivity contribution in [3.8, 4) is 0 Å². The van der Waals surface area contributed by atoms with E-state index in [9.17, 15) is 24.0 Å². The largest absolute Gasteiger partial charge is 0.427 e. The fourth-order valence-corrected chi connectivity index (χ4v) is 4.81. The number of ether oxygens (including phenoxy) is 2. The highest BCUT2D eigenvalue weighted by Gasteiger charge is 2.54. The topological polar surface area (TPSA) is 158 Å². The smallest absolute Gasteiger partial charge is 0.358 e. The number of Topliss-reactive ketones (excluding diaryl/α,β-unsaturated/α-hetero) is 1. The second kappa shape index (κ2) is 9.35. The van der Waals surface area contributed by atoms with Crippen LogP contribution in [0.25, 0.3) is 0 Å². The van der Waals surface area contributed by atoms with Crippen molar-refractivity contribution in [2.45, 2.75) is 32.2 Å². The van der Waals surface area contributed by atoms with E-state index in [1.807, 2.05) is 0 Å². The molecule has 1 unspecified atom stereocenters. The molecule has 2 atom stereocenters. The number of anilines is 1. The van der Waals surface area contributed by atoms with Gasteiger partial charge in [-0.15, -0.1) is 23.1 Å². The van der Waals surface area contributed by atoms with Gasteiger partial charge in [0, 0.05) is 11.1 Å². The van der Waals surface area contributed by atoms with Crippen molar-refractivity contribution in [2.24, 2.45) is 5.41 Å². The lowest BCUT2D eigenvalue weighted by Gasteiger charge is -2.49. The van der Waals surface area contributed by atoms with Gasteiger partial charge in [0.1, 0.15) is 22.8 Å². The van der Waals surface area contributed by atoms with Crippen molar-refractivity contribution in [2.75, 3.05) is 18.3 Å². The Bertz CT molecular complexity index is 1070. The van der Waals surface area contributed by atoms with Crippen LogP contribution in [0.15, 0.2) is 29.3 Å². The Morgan fingerprint density at radius 3 is 2.61 bits per heavy atom. The number of β-lactam (4-membered cyclic amide) rings is 1. The van der Waals surface area contributed by atoms with Gasteiger partial charge in [0.15, 0.2) is 5.13 Å². The van der Waals surface area contributed by atoms with Gasteiger partial charge in [-0.1, -0.05) is 12.7 Å². The van der Waals surface area contributed by atoms with Gasteiger partial charge in [0.2, 0.25) is 6.79 Å². The van der Waals surface area contributed by atoms with Crippen LogP contribution >= 0.6 is 23.1 Å². The molecule has 3 rings (SSSR count). The molecule has 13 heteroatoms. The number of carbonyl (C=O) groups is 5. The summed E-state index contributed by atoms with van der Waals surface area (Å²) in [5.41, 5.74) is 5.00. The number of amides is 2. The molecule has 0 aromatic carbocycles. The molecule has 11 nitrogen and oxygen atoms in total. The van der Waals surface area contributed by atoms with Gasteiger partial charge in [-0.05, 0) is 26.3 Å². The van der Waals surface area contributed by atoms with Crippen molar-refractivity contribution in [3.05, 3.63) is 35.0 Å². The fraction of sp³-hybridized carbons (Fsp3) is 0.400. The van der Waals surface area contributed by atoms with E-state index in [2.05, 4.69) is 16.9 Å². The van der Waals surface area contributed by atoms with Gasteiger partial charge in [-0.3, -0.25) is 24.1 Å². The molecule has 1 saturated heterocycles. The second-order valence-electron chi connectivity index (χ2n) is 8.07. The number of esters is 2. The SMILES string of the molecule is C=CC1=C(C(=O)OCOC(=O)C(C)(C)C)N2C(=O)C(NC(=O)C(=O)c3csc(N)n3)[C@H]2SC1. The van der Waals surface area contributed by atoms with Gasteiger partial charge in [0.25, 0.3) is 17.6 Å². The van der Waals surface area contributed by atoms with Gasteiger partial charge in [-0.2, -0.15) is 0 Å². The van der Waals surface area contributed by atoms with Crippen LogP contribution in [0.5, 0.6) is 0 Å². The highest BCUT2D eigenvalue weighted by atomic mass is 32.2. The molecule has 1 fully saturated rings. The molecule has 2 amide bonds. The van der Waals surface area contributed by atoms with Crippen LogP contribution in [-0.4, -0.2) is 63.4 Å². The van der Waals surface area contributed by atoms with E-state index in [0.29, 0.717) is 11.3 Å². The summed E-state index contributed by atoms with van der Waals surface area (Å²) in [6, 6.07) is -1.02. The molecule has 33 heavy (non-hydrogen) atoms. The van der Waals surface area contributed by atoms with Crippen LogP contribution in [0, 0.1) is 5.41 Å². The average Bonchev–Trinajstić information content (AvgIpc) is 3.20. The zero-order valence-corrected chi connectivity index (χ0v) is 19.7. The monoisotopic (exact) mass is 494 g/mol. The van der Waals surface area contributed by atoms with Crippen LogP contribution in [0.3, 0.4) is 0 Å². The van der Waals surface area contributed by atoms with E-state index in [1.54, 1.807) is 20.8 Å². The molecule has 2 aliphatic heterocycles. The Labute approximate surface area is 197 Å². The summed E-state index contributed by atoms with van der Waals surface area (Å²) in [6.07, 6.45) is 1.43. The zero-order valence-electron chi connectivity index (χ0n) is 18.1. The number of hydrogen-bond acceptors (Lipinski definition) is 11. The van der Waals surface area contributed by atoms with Gasteiger partial charge >= 0.3 is 11.9 Å². The van der Waals surface area contributed by atoms with Gasteiger partial charge in [-0.25, -0.2) is 9.78 Å². The van der Waals surface area contributed by atoms with Crippen LogP contribution in [-0.2, 0) is 28.7 Å². The first kappa shape index (κ1) is 24.5. The number of ketones is 1. The molecule has 0 saturated carbocycles. The molecule has 0 bridgehead atoms. The van der Waals surface area contributed by atoms with E-state index in [0.717, 1.165) is 11.3 Å². The Kier molecular flexibility index (Phi) is 6.93. The third kappa shape index (κ3) is 4.93. The van der Waals surface area contributed by atoms with Crippen molar-refractivity contribution in [3.63, 3.8) is 0 Å². The maximum Gasteiger partial charge on any atom is 0.358 e. The molecular weight excluding hydrogens is 472 g/mol. The third-order valence-electron chi connectivity index (χ3n) is 4.68. The Morgan fingerprint density at radius 2 is 2.03 bits per heavy atom. The lowest BCUT2D eigenvalue weighted by Crippen LogP contribution is -2.71. The molecule has 176 valence electrons. The number of hydrogen-bond donors (Lipinski definition) is 2. The minimum atomic E-state index is -1.02. The van der Waals surface area contributed by atoms with Crippen LogP contribution in [0.2, 0.25) is 0 Å². The van der Waals surface area contributed by atoms with Gasteiger partial charge in [0.05, 0.1) is 5.41 Å². The van der Waals surface area contributed by atoms with Crippen LogP contribution in [0.1, 0.15) is 31.3 Å². The molecule has 0 radical (unpaired) electrons. The molecular formula is C20H22N4O7S2. The standard InChI is InChI=1S/C20H22N4O7S2/c1-5-9-6-32-16-11(23-14(26)13(25)10-7-33-19(21)22-10)15(27)24(16)12(9)17(28)30-8-31-18(29)20(2,3)4/h5,7,11,16H,1,6,8H2,2-4H3,(H2,21,22)(H,23,26)/t11?,16-/m1/s1. The highest BCUT2D eigenvalue weighted by Crippen LogP contribution is 2.41. The highest BCUT2D eigenvalue weighted by molar-refractivity contribution is 8.00. The lowest BCUT2D eigenvalue weighted by atomic mass is 9.98. The maximum atomic E-state index is 12.8. The number of thiazole rings is 1. The van der Waals surface area contributed by atoms with Crippen LogP contribution in [0.4, 0.5) is 5.13 Å². The minimum Gasteiger partial charge on any atom is -0.427 e.